The zero-order valence-corrected chi connectivity index (χ0v) is 17.0. The van der Waals surface area contributed by atoms with Gasteiger partial charge in [-0.2, -0.15) is 9.97 Å². The molecule has 0 atom stereocenters. The third-order valence-corrected chi connectivity index (χ3v) is 5.92. The lowest BCUT2D eigenvalue weighted by Gasteiger charge is -2.32. The van der Waals surface area contributed by atoms with Crippen LogP contribution in [0.5, 0.6) is 0 Å². The maximum absolute atomic E-state index is 11.8. The number of hydrogen-bond acceptors (Lipinski definition) is 9. The monoisotopic (exact) mass is 414 g/mol. The largest absolute Gasteiger partial charge is 0.338 e. The Labute approximate surface area is 168 Å². The molecule has 152 valence electrons. The summed E-state index contributed by atoms with van der Waals surface area (Å²) < 4.78 is 23.7. The van der Waals surface area contributed by atoms with Crippen LogP contribution in [0.4, 0.5) is 17.5 Å². The van der Waals surface area contributed by atoms with Crippen molar-refractivity contribution >= 4 is 38.6 Å². The van der Waals surface area contributed by atoms with Crippen LogP contribution in [0.2, 0.25) is 0 Å². The van der Waals surface area contributed by atoms with Gasteiger partial charge in [0.15, 0.2) is 17.0 Å². The topological polar surface area (TPSA) is 130 Å². The molecule has 0 spiro atoms. The number of piperazine rings is 1. The molecule has 1 saturated heterocycles. The highest BCUT2D eigenvalue weighted by Crippen LogP contribution is 2.26. The number of rotatable bonds is 4. The van der Waals surface area contributed by atoms with Crippen LogP contribution in [0.3, 0.4) is 0 Å². The molecular formula is C18H22N8O2S. The van der Waals surface area contributed by atoms with Crippen molar-refractivity contribution in [3.8, 4) is 0 Å². The summed E-state index contributed by atoms with van der Waals surface area (Å²) in [6.07, 6.45) is 3.15. The summed E-state index contributed by atoms with van der Waals surface area (Å²) in [4.78, 5) is 22.3. The van der Waals surface area contributed by atoms with Crippen molar-refractivity contribution in [2.24, 2.45) is 5.14 Å². The smallest absolute Gasteiger partial charge is 0.238 e. The van der Waals surface area contributed by atoms with Crippen LogP contribution in [0, 0.1) is 6.92 Å². The number of aromatic nitrogens is 4. The quantitative estimate of drug-likeness (QED) is 0.638. The van der Waals surface area contributed by atoms with E-state index in [1.807, 2.05) is 0 Å². The van der Waals surface area contributed by atoms with E-state index in [0.29, 0.717) is 34.2 Å². The second-order valence-electron chi connectivity index (χ2n) is 7.04. The third-order valence-electron chi connectivity index (χ3n) is 4.86. The Balaban J connectivity index is 1.75. The fourth-order valence-corrected chi connectivity index (χ4v) is 4.02. The minimum atomic E-state index is -3.83. The van der Waals surface area contributed by atoms with Crippen LogP contribution < -0.4 is 15.4 Å². The number of nitrogens with two attached hydrogens (primary N) is 1. The summed E-state index contributed by atoms with van der Waals surface area (Å²) in [5.74, 6) is 1.02. The van der Waals surface area contributed by atoms with Crippen molar-refractivity contribution in [1.82, 2.24) is 24.8 Å². The van der Waals surface area contributed by atoms with Gasteiger partial charge in [0.05, 0.1) is 4.90 Å². The third kappa shape index (κ3) is 4.11. The number of fused-ring (bicyclic) bond motifs is 1. The average Bonchev–Trinajstić information content (AvgIpc) is 2.69. The summed E-state index contributed by atoms with van der Waals surface area (Å²) in [7, 11) is -1.75. The first-order chi connectivity index (χ1) is 13.8. The first-order valence-corrected chi connectivity index (χ1v) is 10.7. The Hall–Kier alpha value is -2.89. The molecule has 3 aromatic rings. The first kappa shape index (κ1) is 19.4. The van der Waals surface area contributed by atoms with Crippen molar-refractivity contribution < 1.29 is 8.42 Å². The number of primary sulfonamides is 1. The average molecular weight is 414 g/mol. The Bertz CT molecular complexity index is 1160. The predicted octanol–water partition coefficient (Wildman–Crippen LogP) is 0.871. The molecule has 29 heavy (non-hydrogen) atoms. The van der Waals surface area contributed by atoms with Crippen molar-refractivity contribution in [2.75, 3.05) is 43.4 Å². The van der Waals surface area contributed by atoms with Gasteiger partial charge in [0, 0.05) is 44.3 Å². The maximum Gasteiger partial charge on any atom is 0.238 e. The van der Waals surface area contributed by atoms with E-state index in [-0.39, 0.29) is 4.90 Å². The fraction of sp³-hybridized carbons (Fsp3) is 0.333. The van der Waals surface area contributed by atoms with Gasteiger partial charge in [0.2, 0.25) is 16.0 Å². The highest BCUT2D eigenvalue weighted by Gasteiger charge is 2.20. The fourth-order valence-electron chi connectivity index (χ4n) is 3.21. The van der Waals surface area contributed by atoms with E-state index in [1.165, 1.54) is 6.07 Å². The lowest BCUT2D eigenvalue weighted by Crippen LogP contribution is -2.45. The Morgan fingerprint density at radius 3 is 2.52 bits per heavy atom. The number of hydrogen-bond donors (Lipinski definition) is 2. The van der Waals surface area contributed by atoms with E-state index < -0.39 is 10.0 Å². The predicted molar refractivity (Wildman–Crippen MR) is 111 cm³/mol. The van der Waals surface area contributed by atoms with Crippen molar-refractivity contribution in [3.63, 3.8) is 0 Å². The SMILES string of the molecule is Cc1ccc(Nc2nc(N3CCN(C)CC3)nc3nccnc23)cc1S(N)(=O)=O. The Kier molecular flexibility index (Phi) is 5.03. The normalized spacial score (nSPS) is 15.6. The van der Waals surface area contributed by atoms with Crippen LogP contribution in [-0.2, 0) is 10.0 Å². The second kappa shape index (κ2) is 7.50. The standard InChI is InChI=1S/C18H22N8O2S/c1-12-3-4-13(11-14(12)29(19,27)28)22-17-15-16(21-6-5-20-15)23-18(24-17)26-9-7-25(2)8-10-26/h3-6,11H,7-10H2,1-2H3,(H2,19,27,28)(H,21,22,23,24). The Morgan fingerprint density at radius 1 is 1.07 bits per heavy atom. The van der Waals surface area contributed by atoms with Crippen molar-refractivity contribution in [3.05, 3.63) is 36.2 Å². The van der Waals surface area contributed by atoms with Gasteiger partial charge < -0.3 is 15.1 Å². The highest BCUT2D eigenvalue weighted by molar-refractivity contribution is 7.89. The van der Waals surface area contributed by atoms with E-state index >= 15 is 0 Å². The lowest BCUT2D eigenvalue weighted by molar-refractivity contribution is 0.311. The van der Waals surface area contributed by atoms with Gasteiger partial charge in [0.1, 0.15) is 0 Å². The second-order valence-corrected chi connectivity index (χ2v) is 8.57. The molecule has 0 radical (unpaired) electrons. The van der Waals surface area contributed by atoms with E-state index in [0.717, 1.165) is 26.2 Å². The van der Waals surface area contributed by atoms with Crippen molar-refractivity contribution in [1.29, 1.82) is 0 Å². The molecule has 0 bridgehead atoms. The molecule has 1 aromatic carbocycles. The molecule has 3 heterocycles. The number of nitrogens with one attached hydrogen (secondary N) is 1. The zero-order valence-electron chi connectivity index (χ0n) is 16.2. The zero-order chi connectivity index (χ0) is 20.6. The molecule has 1 aliphatic rings. The van der Waals surface area contributed by atoms with Crippen LogP contribution in [0.1, 0.15) is 5.56 Å². The van der Waals surface area contributed by atoms with E-state index in [4.69, 9.17) is 5.14 Å². The summed E-state index contributed by atoms with van der Waals surface area (Å²) in [5, 5.41) is 8.49. The van der Waals surface area contributed by atoms with Gasteiger partial charge in [-0.3, -0.25) is 0 Å². The number of anilines is 3. The van der Waals surface area contributed by atoms with Gasteiger partial charge in [-0.05, 0) is 31.7 Å². The van der Waals surface area contributed by atoms with Gasteiger partial charge in [-0.15, -0.1) is 0 Å². The molecule has 10 nitrogen and oxygen atoms in total. The molecule has 11 heteroatoms. The van der Waals surface area contributed by atoms with Gasteiger partial charge in [-0.1, -0.05) is 6.07 Å². The molecule has 3 N–H and O–H groups in total. The van der Waals surface area contributed by atoms with Gasteiger partial charge in [-0.25, -0.2) is 23.5 Å². The molecule has 0 amide bonds. The number of aryl methyl sites for hydroxylation is 1. The summed E-state index contributed by atoms with van der Waals surface area (Å²) >= 11 is 0. The molecule has 4 rings (SSSR count). The minimum absolute atomic E-state index is 0.0613. The molecular weight excluding hydrogens is 392 g/mol. The van der Waals surface area contributed by atoms with Crippen LogP contribution in [-0.4, -0.2) is 66.5 Å². The van der Waals surface area contributed by atoms with E-state index in [2.05, 4.69) is 42.1 Å². The lowest BCUT2D eigenvalue weighted by atomic mass is 10.2. The minimum Gasteiger partial charge on any atom is -0.338 e. The Morgan fingerprint density at radius 2 is 1.79 bits per heavy atom. The first-order valence-electron chi connectivity index (χ1n) is 9.14. The number of likely N-dealkylation sites (N-methyl/N-ethyl adjacent to an activating group) is 1. The molecule has 0 unspecified atom stereocenters. The van der Waals surface area contributed by atoms with Crippen LogP contribution in [0.25, 0.3) is 11.2 Å². The molecule has 1 aliphatic heterocycles. The van der Waals surface area contributed by atoms with Crippen LogP contribution >= 0.6 is 0 Å². The van der Waals surface area contributed by atoms with Crippen LogP contribution in [0.15, 0.2) is 35.5 Å². The maximum atomic E-state index is 11.8. The number of sulfonamides is 1. The van der Waals surface area contributed by atoms with E-state index in [9.17, 15) is 8.42 Å². The summed E-state index contributed by atoms with van der Waals surface area (Å²) in [6, 6.07) is 4.95. The molecule has 1 fully saturated rings. The summed E-state index contributed by atoms with van der Waals surface area (Å²) in [6.45, 7) is 5.14. The van der Waals surface area contributed by atoms with Gasteiger partial charge >= 0.3 is 0 Å². The molecule has 0 aliphatic carbocycles. The van der Waals surface area contributed by atoms with E-state index in [1.54, 1.807) is 31.5 Å². The highest BCUT2D eigenvalue weighted by atomic mass is 32.2. The van der Waals surface area contributed by atoms with Gasteiger partial charge in [0.25, 0.3) is 0 Å². The number of nitrogens with zero attached hydrogens (tertiary/aromatic N) is 6. The summed E-state index contributed by atoms with van der Waals surface area (Å²) in [5.41, 5.74) is 2.08. The number of benzene rings is 1. The molecule has 2 aromatic heterocycles. The molecule has 0 saturated carbocycles. The van der Waals surface area contributed by atoms with Crippen molar-refractivity contribution in [2.45, 2.75) is 11.8 Å².